The number of rotatable bonds is 7. The smallest absolute Gasteiger partial charge is 0.0945 e. The van der Waals surface area contributed by atoms with Gasteiger partial charge in [0.2, 0.25) is 0 Å². The maximum Gasteiger partial charge on any atom is 0.0945 e. The second kappa shape index (κ2) is 7.60. The van der Waals surface area contributed by atoms with E-state index in [1.807, 2.05) is 12.5 Å². The van der Waals surface area contributed by atoms with Crippen LogP contribution in [0.15, 0.2) is 49.1 Å². The van der Waals surface area contributed by atoms with Crippen LogP contribution in [-0.2, 0) is 10.6 Å². The Balaban J connectivity index is 1.74. The van der Waals surface area contributed by atoms with Gasteiger partial charge >= 0.3 is 0 Å². The van der Waals surface area contributed by atoms with Crippen LogP contribution >= 0.6 is 23.5 Å². The standard InChI is InChI=1S/C18H24N2S2/c1-2-3-9-17-14-21-18(22-17,16-7-5-4-6-8-16)10-12-20-13-11-19-15-20/h4-8,11,13,15,17H,2-3,9-10,12,14H2,1H3. The molecule has 2 atom stereocenters. The Hall–Kier alpha value is -0.870. The lowest BCUT2D eigenvalue weighted by Crippen LogP contribution is -2.18. The molecule has 1 aliphatic rings. The van der Waals surface area contributed by atoms with Crippen LogP contribution in [0.4, 0.5) is 0 Å². The minimum atomic E-state index is 0.212. The van der Waals surface area contributed by atoms with Gasteiger partial charge in [-0.1, -0.05) is 50.1 Å². The van der Waals surface area contributed by atoms with E-state index in [4.69, 9.17) is 0 Å². The number of imidazole rings is 1. The number of unbranched alkanes of at least 4 members (excludes halogenated alkanes) is 1. The van der Waals surface area contributed by atoms with Crippen LogP contribution in [0.1, 0.15) is 38.2 Å². The molecule has 0 saturated carbocycles. The second-order valence-corrected chi connectivity index (χ2v) is 9.04. The Morgan fingerprint density at radius 3 is 2.91 bits per heavy atom. The van der Waals surface area contributed by atoms with Crippen molar-refractivity contribution < 1.29 is 0 Å². The van der Waals surface area contributed by atoms with Gasteiger partial charge in [-0.3, -0.25) is 0 Å². The van der Waals surface area contributed by atoms with E-state index in [1.165, 1.54) is 30.6 Å². The molecule has 0 amide bonds. The molecule has 0 aliphatic carbocycles. The highest BCUT2D eigenvalue weighted by molar-refractivity contribution is 8.21. The van der Waals surface area contributed by atoms with Crippen molar-refractivity contribution in [3.05, 3.63) is 54.6 Å². The highest BCUT2D eigenvalue weighted by Gasteiger charge is 2.41. The number of nitrogens with zero attached hydrogens (tertiary/aromatic N) is 2. The summed E-state index contributed by atoms with van der Waals surface area (Å²) in [6, 6.07) is 11.1. The van der Waals surface area contributed by atoms with Gasteiger partial charge < -0.3 is 4.57 Å². The lowest BCUT2D eigenvalue weighted by molar-refractivity contribution is 0.613. The fourth-order valence-corrected chi connectivity index (χ4v) is 6.78. The van der Waals surface area contributed by atoms with Crippen LogP contribution in [-0.4, -0.2) is 20.6 Å². The largest absolute Gasteiger partial charge is 0.337 e. The van der Waals surface area contributed by atoms with E-state index in [2.05, 4.69) is 76.5 Å². The first kappa shape index (κ1) is 16.0. The molecule has 0 radical (unpaired) electrons. The van der Waals surface area contributed by atoms with Gasteiger partial charge in [0.05, 0.1) is 10.4 Å². The van der Waals surface area contributed by atoms with Crippen molar-refractivity contribution in [1.82, 2.24) is 9.55 Å². The molecule has 2 unspecified atom stereocenters. The molecule has 0 spiro atoms. The number of thioether (sulfide) groups is 2. The number of hydrogen-bond acceptors (Lipinski definition) is 3. The molecule has 3 rings (SSSR count). The van der Waals surface area contributed by atoms with E-state index in [9.17, 15) is 0 Å². The fraction of sp³-hybridized carbons (Fsp3) is 0.500. The molecule has 22 heavy (non-hydrogen) atoms. The van der Waals surface area contributed by atoms with Crippen molar-refractivity contribution in [1.29, 1.82) is 0 Å². The number of hydrogen-bond donors (Lipinski definition) is 0. The number of aryl methyl sites for hydroxylation is 1. The summed E-state index contributed by atoms with van der Waals surface area (Å²) in [4.78, 5) is 4.17. The maximum atomic E-state index is 4.17. The Morgan fingerprint density at radius 2 is 2.18 bits per heavy atom. The van der Waals surface area contributed by atoms with E-state index in [0.29, 0.717) is 0 Å². The molecule has 2 heterocycles. The van der Waals surface area contributed by atoms with Crippen LogP contribution in [0.3, 0.4) is 0 Å². The highest BCUT2D eigenvalue weighted by Crippen LogP contribution is 2.58. The summed E-state index contributed by atoms with van der Waals surface area (Å²) in [5.74, 6) is 1.28. The molecule has 4 heteroatoms. The fourth-order valence-electron chi connectivity index (χ4n) is 2.95. The summed E-state index contributed by atoms with van der Waals surface area (Å²) in [5.41, 5.74) is 1.48. The average molecular weight is 333 g/mol. The van der Waals surface area contributed by atoms with E-state index in [-0.39, 0.29) is 4.08 Å². The van der Waals surface area contributed by atoms with Crippen molar-refractivity contribution in [3.63, 3.8) is 0 Å². The third-order valence-electron chi connectivity index (χ3n) is 4.21. The normalized spacial score (nSPS) is 24.7. The first-order valence-corrected chi connectivity index (χ1v) is 10.0. The first-order valence-electron chi connectivity index (χ1n) is 8.15. The third kappa shape index (κ3) is 3.72. The lowest BCUT2D eigenvalue weighted by atomic mass is 10.1. The van der Waals surface area contributed by atoms with Gasteiger partial charge in [-0.25, -0.2) is 4.98 Å². The summed E-state index contributed by atoms with van der Waals surface area (Å²) in [5, 5.41) is 0.799. The van der Waals surface area contributed by atoms with Gasteiger partial charge in [0.1, 0.15) is 0 Å². The van der Waals surface area contributed by atoms with Crippen LogP contribution in [0.25, 0.3) is 0 Å². The van der Waals surface area contributed by atoms with Crippen LogP contribution in [0, 0.1) is 0 Å². The Morgan fingerprint density at radius 1 is 1.32 bits per heavy atom. The van der Waals surface area contributed by atoms with Crippen molar-refractivity contribution in [3.8, 4) is 0 Å². The highest BCUT2D eigenvalue weighted by atomic mass is 32.2. The van der Waals surface area contributed by atoms with Gasteiger partial charge in [0.25, 0.3) is 0 Å². The van der Waals surface area contributed by atoms with Gasteiger partial charge in [0, 0.05) is 29.9 Å². The molecule has 2 nitrogen and oxygen atoms in total. The summed E-state index contributed by atoms with van der Waals surface area (Å²) < 4.78 is 2.41. The van der Waals surface area contributed by atoms with Gasteiger partial charge in [0.15, 0.2) is 0 Å². The quantitative estimate of drug-likeness (QED) is 0.697. The third-order valence-corrected chi connectivity index (χ3v) is 8.10. The zero-order valence-corrected chi connectivity index (χ0v) is 14.8. The molecule has 1 saturated heterocycles. The first-order chi connectivity index (χ1) is 10.8. The molecule has 0 bridgehead atoms. The van der Waals surface area contributed by atoms with Crippen molar-refractivity contribution in [2.75, 3.05) is 5.75 Å². The number of benzene rings is 1. The molecule has 1 aliphatic heterocycles. The topological polar surface area (TPSA) is 17.8 Å². The molecule has 0 N–H and O–H groups in total. The van der Waals surface area contributed by atoms with Crippen LogP contribution < -0.4 is 0 Å². The maximum absolute atomic E-state index is 4.17. The number of aromatic nitrogens is 2. The van der Waals surface area contributed by atoms with Crippen molar-refractivity contribution in [2.24, 2.45) is 0 Å². The molecular weight excluding hydrogens is 308 g/mol. The summed E-state index contributed by atoms with van der Waals surface area (Å²) in [6.45, 7) is 3.33. The lowest BCUT2D eigenvalue weighted by Gasteiger charge is -2.29. The monoisotopic (exact) mass is 332 g/mol. The summed E-state index contributed by atoms with van der Waals surface area (Å²) >= 11 is 4.35. The molecule has 118 valence electrons. The zero-order valence-electron chi connectivity index (χ0n) is 13.1. The summed E-state index contributed by atoms with van der Waals surface area (Å²) in [7, 11) is 0. The van der Waals surface area contributed by atoms with Gasteiger partial charge in [-0.2, -0.15) is 0 Å². The Labute approximate surface area is 142 Å². The molecule has 1 aromatic heterocycles. The molecule has 1 fully saturated rings. The van der Waals surface area contributed by atoms with Crippen LogP contribution in [0.5, 0.6) is 0 Å². The minimum absolute atomic E-state index is 0.212. The SMILES string of the molecule is CCCCC1CSC(CCn2ccnc2)(c2ccccc2)S1. The van der Waals surface area contributed by atoms with E-state index >= 15 is 0 Å². The Kier molecular flexibility index (Phi) is 5.53. The summed E-state index contributed by atoms with van der Waals surface area (Å²) in [6.07, 6.45) is 11.0. The molecule has 2 aromatic rings. The van der Waals surface area contributed by atoms with E-state index in [1.54, 1.807) is 0 Å². The van der Waals surface area contributed by atoms with Gasteiger partial charge in [-0.05, 0) is 18.4 Å². The minimum Gasteiger partial charge on any atom is -0.337 e. The average Bonchev–Trinajstić information content (AvgIpc) is 3.22. The van der Waals surface area contributed by atoms with Crippen molar-refractivity contribution in [2.45, 2.75) is 48.5 Å². The second-order valence-electron chi connectivity index (χ2n) is 5.86. The van der Waals surface area contributed by atoms with Gasteiger partial charge in [-0.15, -0.1) is 23.5 Å². The zero-order chi connectivity index (χ0) is 15.3. The molecular formula is C18H24N2S2. The predicted molar refractivity (Wildman–Crippen MR) is 98.3 cm³/mol. The predicted octanol–water partition coefficient (Wildman–Crippen LogP) is 5.17. The van der Waals surface area contributed by atoms with E-state index in [0.717, 1.165) is 18.2 Å². The van der Waals surface area contributed by atoms with Crippen molar-refractivity contribution >= 4 is 23.5 Å². The molecule has 1 aromatic carbocycles. The Bertz CT molecular complexity index is 556. The van der Waals surface area contributed by atoms with E-state index < -0.39 is 0 Å². The van der Waals surface area contributed by atoms with Crippen LogP contribution in [0.2, 0.25) is 0 Å².